The SMILES string of the molecule is CCOc1ccc(C(NC)C2CCCCCCC2)cc1. The Kier molecular flexibility index (Phi) is 6.38. The normalized spacial score (nSPS) is 19.1. The summed E-state index contributed by atoms with van der Waals surface area (Å²) in [5, 5.41) is 3.55. The highest BCUT2D eigenvalue weighted by molar-refractivity contribution is 5.29. The minimum Gasteiger partial charge on any atom is -0.494 e. The molecule has 1 unspecified atom stereocenters. The zero-order valence-corrected chi connectivity index (χ0v) is 13.0. The molecule has 1 aromatic carbocycles. The lowest BCUT2D eigenvalue weighted by Gasteiger charge is -2.29. The van der Waals surface area contributed by atoms with Gasteiger partial charge in [-0.2, -0.15) is 0 Å². The molecule has 1 aliphatic rings. The van der Waals surface area contributed by atoms with E-state index in [1.807, 2.05) is 6.92 Å². The van der Waals surface area contributed by atoms with E-state index in [2.05, 4.69) is 36.6 Å². The van der Waals surface area contributed by atoms with E-state index < -0.39 is 0 Å². The standard InChI is InChI=1S/C18H29NO/c1-3-20-17-13-11-16(12-14-17)18(19-2)15-9-7-5-4-6-8-10-15/h11-15,18-19H,3-10H2,1-2H3. The van der Waals surface area contributed by atoms with Crippen molar-refractivity contribution in [1.29, 1.82) is 0 Å². The fourth-order valence-corrected chi connectivity index (χ4v) is 3.43. The van der Waals surface area contributed by atoms with Crippen molar-refractivity contribution in [3.8, 4) is 5.75 Å². The van der Waals surface area contributed by atoms with Gasteiger partial charge in [-0.3, -0.25) is 0 Å². The van der Waals surface area contributed by atoms with Crippen LogP contribution in [0.3, 0.4) is 0 Å². The molecule has 112 valence electrons. The fourth-order valence-electron chi connectivity index (χ4n) is 3.43. The molecule has 1 fully saturated rings. The predicted molar refractivity (Wildman–Crippen MR) is 85.2 cm³/mol. The molecule has 2 rings (SSSR count). The van der Waals surface area contributed by atoms with Gasteiger partial charge >= 0.3 is 0 Å². The molecule has 1 aromatic rings. The Hall–Kier alpha value is -1.02. The molecule has 1 N–H and O–H groups in total. The van der Waals surface area contributed by atoms with Crippen LogP contribution < -0.4 is 10.1 Å². The smallest absolute Gasteiger partial charge is 0.119 e. The van der Waals surface area contributed by atoms with E-state index in [9.17, 15) is 0 Å². The van der Waals surface area contributed by atoms with E-state index >= 15 is 0 Å². The number of hydrogen-bond acceptors (Lipinski definition) is 2. The minimum absolute atomic E-state index is 0.490. The molecule has 1 aliphatic carbocycles. The summed E-state index contributed by atoms with van der Waals surface area (Å²) in [5.41, 5.74) is 1.40. The maximum absolute atomic E-state index is 5.54. The number of benzene rings is 1. The van der Waals surface area contributed by atoms with Crippen LogP contribution in [-0.2, 0) is 0 Å². The Labute approximate surface area is 123 Å². The number of nitrogens with one attached hydrogen (secondary N) is 1. The lowest BCUT2D eigenvalue weighted by molar-refractivity contribution is 0.299. The van der Waals surface area contributed by atoms with Gasteiger partial charge in [0.25, 0.3) is 0 Å². The molecule has 0 aliphatic heterocycles. The van der Waals surface area contributed by atoms with Gasteiger partial charge in [-0.25, -0.2) is 0 Å². The van der Waals surface area contributed by atoms with Crippen LogP contribution in [-0.4, -0.2) is 13.7 Å². The second kappa shape index (κ2) is 8.31. The highest BCUT2D eigenvalue weighted by Crippen LogP contribution is 2.33. The molecule has 0 spiro atoms. The zero-order valence-electron chi connectivity index (χ0n) is 13.0. The third-order valence-electron chi connectivity index (χ3n) is 4.48. The first kappa shape index (κ1) is 15.4. The second-order valence-corrected chi connectivity index (χ2v) is 5.87. The molecule has 0 radical (unpaired) electrons. The van der Waals surface area contributed by atoms with Crippen LogP contribution >= 0.6 is 0 Å². The second-order valence-electron chi connectivity index (χ2n) is 5.87. The van der Waals surface area contributed by atoms with E-state index in [4.69, 9.17) is 4.74 Å². The summed E-state index contributed by atoms with van der Waals surface area (Å²) < 4.78 is 5.54. The maximum Gasteiger partial charge on any atom is 0.119 e. The highest BCUT2D eigenvalue weighted by Gasteiger charge is 2.22. The van der Waals surface area contributed by atoms with E-state index in [0.717, 1.165) is 18.3 Å². The van der Waals surface area contributed by atoms with Crippen LogP contribution in [0.1, 0.15) is 63.5 Å². The lowest BCUT2D eigenvalue weighted by Crippen LogP contribution is -2.26. The van der Waals surface area contributed by atoms with Crippen molar-refractivity contribution in [3.05, 3.63) is 29.8 Å². The first-order valence-corrected chi connectivity index (χ1v) is 8.25. The van der Waals surface area contributed by atoms with Gasteiger partial charge in [-0.05, 0) is 50.4 Å². The zero-order chi connectivity index (χ0) is 14.2. The van der Waals surface area contributed by atoms with Crippen molar-refractivity contribution in [2.45, 2.75) is 57.9 Å². The average Bonchev–Trinajstić information content (AvgIpc) is 2.43. The van der Waals surface area contributed by atoms with E-state index in [1.165, 1.54) is 50.5 Å². The van der Waals surface area contributed by atoms with Gasteiger partial charge in [-0.1, -0.05) is 44.2 Å². The molecule has 0 aromatic heterocycles. The topological polar surface area (TPSA) is 21.3 Å². The van der Waals surface area contributed by atoms with Gasteiger partial charge in [0.15, 0.2) is 0 Å². The van der Waals surface area contributed by atoms with E-state index in [-0.39, 0.29) is 0 Å². The summed E-state index contributed by atoms with van der Waals surface area (Å²) in [6.45, 7) is 2.76. The largest absolute Gasteiger partial charge is 0.494 e. The molecule has 0 bridgehead atoms. The van der Waals surface area contributed by atoms with Crippen molar-refractivity contribution in [1.82, 2.24) is 5.32 Å². The lowest BCUT2D eigenvalue weighted by atomic mass is 9.83. The summed E-state index contributed by atoms with van der Waals surface area (Å²) in [6, 6.07) is 9.15. The van der Waals surface area contributed by atoms with Crippen molar-refractivity contribution in [3.63, 3.8) is 0 Å². The monoisotopic (exact) mass is 275 g/mol. The van der Waals surface area contributed by atoms with E-state index in [0.29, 0.717) is 6.04 Å². The molecule has 2 nitrogen and oxygen atoms in total. The van der Waals surface area contributed by atoms with Crippen molar-refractivity contribution in [2.75, 3.05) is 13.7 Å². The summed E-state index contributed by atoms with van der Waals surface area (Å²) in [4.78, 5) is 0. The van der Waals surface area contributed by atoms with Crippen LogP contribution in [0.5, 0.6) is 5.75 Å². The summed E-state index contributed by atoms with van der Waals surface area (Å²) in [6.07, 6.45) is 9.75. The van der Waals surface area contributed by atoms with Gasteiger partial charge < -0.3 is 10.1 Å². The van der Waals surface area contributed by atoms with Gasteiger partial charge in [0.05, 0.1) is 6.61 Å². The fraction of sp³-hybridized carbons (Fsp3) is 0.667. The molecule has 1 atom stereocenters. The Morgan fingerprint density at radius 2 is 1.65 bits per heavy atom. The Morgan fingerprint density at radius 3 is 2.20 bits per heavy atom. The molecular weight excluding hydrogens is 246 g/mol. The molecule has 0 saturated heterocycles. The first-order valence-electron chi connectivity index (χ1n) is 8.25. The van der Waals surface area contributed by atoms with Crippen molar-refractivity contribution in [2.24, 2.45) is 5.92 Å². The first-order chi connectivity index (χ1) is 9.85. The Balaban J connectivity index is 2.05. The van der Waals surface area contributed by atoms with Crippen LogP contribution in [0, 0.1) is 5.92 Å². The quantitative estimate of drug-likeness (QED) is 0.840. The Bertz CT molecular complexity index is 366. The van der Waals surface area contributed by atoms with Gasteiger partial charge in [0, 0.05) is 6.04 Å². The molecule has 1 saturated carbocycles. The van der Waals surface area contributed by atoms with Gasteiger partial charge in [0.1, 0.15) is 5.75 Å². The van der Waals surface area contributed by atoms with Gasteiger partial charge in [0.2, 0.25) is 0 Å². The predicted octanol–water partition coefficient (Wildman–Crippen LogP) is 4.71. The van der Waals surface area contributed by atoms with Crippen molar-refractivity contribution < 1.29 is 4.74 Å². The summed E-state index contributed by atoms with van der Waals surface area (Å²) in [5.74, 6) is 1.75. The van der Waals surface area contributed by atoms with Crippen LogP contribution in [0.4, 0.5) is 0 Å². The third-order valence-corrected chi connectivity index (χ3v) is 4.48. The minimum atomic E-state index is 0.490. The third kappa shape index (κ3) is 4.24. The molecule has 0 heterocycles. The van der Waals surface area contributed by atoms with Crippen LogP contribution in [0.2, 0.25) is 0 Å². The molecule has 0 amide bonds. The maximum atomic E-state index is 5.54. The average molecular weight is 275 g/mol. The molecular formula is C18H29NO. The van der Waals surface area contributed by atoms with Gasteiger partial charge in [-0.15, -0.1) is 0 Å². The number of rotatable bonds is 5. The van der Waals surface area contributed by atoms with E-state index in [1.54, 1.807) is 0 Å². The number of ether oxygens (including phenoxy) is 1. The molecule has 20 heavy (non-hydrogen) atoms. The van der Waals surface area contributed by atoms with Crippen LogP contribution in [0.15, 0.2) is 24.3 Å². The highest BCUT2D eigenvalue weighted by atomic mass is 16.5. The van der Waals surface area contributed by atoms with Crippen molar-refractivity contribution >= 4 is 0 Å². The Morgan fingerprint density at radius 1 is 1.05 bits per heavy atom. The van der Waals surface area contributed by atoms with Crippen LogP contribution in [0.25, 0.3) is 0 Å². The summed E-state index contributed by atoms with van der Waals surface area (Å²) in [7, 11) is 2.10. The summed E-state index contributed by atoms with van der Waals surface area (Å²) >= 11 is 0. The molecule has 2 heteroatoms. The number of hydrogen-bond donors (Lipinski definition) is 1.